The Labute approximate surface area is 124 Å². The summed E-state index contributed by atoms with van der Waals surface area (Å²) >= 11 is 0. The molecule has 0 radical (unpaired) electrons. The zero-order valence-corrected chi connectivity index (χ0v) is 12.2. The number of aliphatic hydroxyl groups is 1. The van der Waals surface area contributed by atoms with Crippen LogP contribution in [0.5, 0.6) is 5.75 Å². The molecule has 1 aliphatic rings. The summed E-state index contributed by atoms with van der Waals surface area (Å²) < 4.78 is 10.1. The molecule has 0 saturated carbocycles. The molecule has 1 aliphatic carbocycles. The number of hydrogen-bond acceptors (Lipinski definition) is 5. The van der Waals surface area contributed by atoms with E-state index in [4.69, 9.17) is 15.2 Å². The van der Waals surface area contributed by atoms with Gasteiger partial charge >= 0.3 is 5.97 Å². The number of ether oxygens (including phenoxy) is 2. The van der Waals surface area contributed by atoms with Crippen LogP contribution in [0.4, 0.5) is 0 Å². The molecule has 6 heteroatoms. The van der Waals surface area contributed by atoms with Gasteiger partial charge in [0.05, 0.1) is 12.7 Å². The molecule has 0 fully saturated rings. The van der Waals surface area contributed by atoms with E-state index >= 15 is 0 Å². The highest BCUT2D eigenvalue weighted by Gasteiger charge is 2.25. The molecule has 3 N–H and O–H groups in total. The second kappa shape index (κ2) is 7.47. The third-order valence-electron chi connectivity index (χ3n) is 3.25. The number of aryl methyl sites for hydroxylation is 1. The Morgan fingerprint density at radius 3 is 2.95 bits per heavy atom. The second-order valence-corrected chi connectivity index (χ2v) is 4.60. The number of aliphatic hydroxyl groups excluding tert-OH is 1. The first-order chi connectivity index (χ1) is 9.11. The Morgan fingerprint density at radius 2 is 2.25 bits per heavy atom. The number of benzene rings is 1. The van der Waals surface area contributed by atoms with E-state index in [0.29, 0.717) is 12.4 Å². The smallest absolute Gasteiger partial charge is 0.344 e. The molecule has 112 valence electrons. The molecule has 1 aromatic carbocycles. The summed E-state index contributed by atoms with van der Waals surface area (Å²) in [4.78, 5) is 11.2. The van der Waals surface area contributed by atoms with E-state index in [1.54, 1.807) is 19.1 Å². The highest BCUT2D eigenvalue weighted by Crippen LogP contribution is 2.31. The summed E-state index contributed by atoms with van der Waals surface area (Å²) in [5, 5.41) is 10.0. The molecular weight excluding hydrogens is 282 g/mol. The van der Waals surface area contributed by atoms with E-state index in [0.717, 1.165) is 24.0 Å². The normalized spacial score (nSPS) is 20.6. The molecule has 0 saturated heterocycles. The summed E-state index contributed by atoms with van der Waals surface area (Å²) in [6, 6.07) is 5.21. The van der Waals surface area contributed by atoms with Crippen LogP contribution in [0.25, 0.3) is 0 Å². The van der Waals surface area contributed by atoms with Crippen molar-refractivity contribution in [1.29, 1.82) is 0 Å². The van der Waals surface area contributed by atoms with Crippen LogP contribution < -0.4 is 10.5 Å². The van der Waals surface area contributed by atoms with Crippen LogP contribution in [0, 0.1) is 0 Å². The summed E-state index contributed by atoms with van der Waals surface area (Å²) in [5.41, 5.74) is 7.71. The number of halogens is 1. The van der Waals surface area contributed by atoms with Gasteiger partial charge in [-0.2, -0.15) is 0 Å². The fourth-order valence-corrected chi connectivity index (χ4v) is 2.22. The fourth-order valence-electron chi connectivity index (χ4n) is 2.22. The van der Waals surface area contributed by atoms with Crippen molar-refractivity contribution in [3.63, 3.8) is 0 Å². The quantitative estimate of drug-likeness (QED) is 0.821. The van der Waals surface area contributed by atoms with Crippen LogP contribution in [-0.2, 0) is 16.0 Å². The zero-order chi connectivity index (χ0) is 13.8. The van der Waals surface area contributed by atoms with Crippen LogP contribution >= 0.6 is 12.4 Å². The van der Waals surface area contributed by atoms with E-state index in [9.17, 15) is 9.90 Å². The van der Waals surface area contributed by atoms with Crippen LogP contribution in [0.15, 0.2) is 18.2 Å². The van der Waals surface area contributed by atoms with Crippen molar-refractivity contribution in [3.05, 3.63) is 29.3 Å². The molecule has 1 aromatic rings. The molecule has 0 amide bonds. The van der Waals surface area contributed by atoms with Crippen LogP contribution in [0.1, 0.15) is 30.6 Å². The van der Waals surface area contributed by atoms with Gasteiger partial charge in [-0.25, -0.2) is 4.79 Å². The molecule has 0 aromatic heterocycles. The first kappa shape index (κ1) is 16.8. The minimum atomic E-state index is -0.671. The minimum absolute atomic E-state index is 0. The maximum Gasteiger partial charge on any atom is 0.344 e. The molecular formula is C14H20ClNO4. The summed E-state index contributed by atoms with van der Waals surface area (Å²) in [5.74, 6) is 0.137. The lowest BCUT2D eigenvalue weighted by Gasteiger charge is -2.27. The van der Waals surface area contributed by atoms with Crippen LogP contribution in [0.3, 0.4) is 0 Å². The van der Waals surface area contributed by atoms with Crippen molar-refractivity contribution < 1.29 is 19.4 Å². The van der Waals surface area contributed by atoms with Crippen LogP contribution in [-0.4, -0.2) is 30.3 Å². The van der Waals surface area contributed by atoms with E-state index in [-0.39, 0.29) is 25.1 Å². The van der Waals surface area contributed by atoms with E-state index in [1.165, 1.54) is 0 Å². The van der Waals surface area contributed by atoms with Gasteiger partial charge in [-0.3, -0.25) is 0 Å². The zero-order valence-electron chi connectivity index (χ0n) is 11.4. The average Bonchev–Trinajstić information content (AvgIpc) is 2.41. The molecule has 0 spiro atoms. The highest BCUT2D eigenvalue weighted by molar-refractivity contribution is 5.85. The fraction of sp³-hybridized carbons (Fsp3) is 0.500. The third kappa shape index (κ3) is 3.85. The molecule has 0 heterocycles. The van der Waals surface area contributed by atoms with Crippen LogP contribution in [0.2, 0.25) is 0 Å². The lowest BCUT2D eigenvalue weighted by molar-refractivity contribution is -0.145. The number of hydrogen-bond donors (Lipinski definition) is 2. The number of carbonyl (C=O) groups is 1. The minimum Gasteiger partial charge on any atom is -0.482 e. The average molecular weight is 302 g/mol. The molecule has 2 atom stereocenters. The van der Waals surface area contributed by atoms with Gasteiger partial charge in [-0.05, 0) is 43.0 Å². The largest absolute Gasteiger partial charge is 0.482 e. The Kier molecular flexibility index (Phi) is 6.26. The Morgan fingerprint density at radius 1 is 1.50 bits per heavy atom. The maximum atomic E-state index is 11.2. The SMILES string of the molecule is CCOC(=O)COc1ccc2c(c1)C(O)C(N)CC2.Cl. The summed E-state index contributed by atoms with van der Waals surface area (Å²) in [7, 11) is 0. The Bertz CT molecular complexity index is 466. The maximum absolute atomic E-state index is 11.2. The van der Waals surface area contributed by atoms with Gasteiger partial charge in [-0.1, -0.05) is 6.07 Å². The Balaban J connectivity index is 0.00000200. The predicted molar refractivity (Wildman–Crippen MR) is 77.1 cm³/mol. The highest BCUT2D eigenvalue weighted by atomic mass is 35.5. The standard InChI is InChI=1S/C14H19NO4.ClH/c1-2-18-13(16)8-19-10-5-3-9-4-6-12(15)14(17)11(9)7-10;/h3,5,7,12,14,17H,2,4,6,8,15H2,1H3;1H. The molecule has 5 nitrogen and oxygen atoms in total. The number of carbonyl (C=O) groups excluding carboxylic acids is 1. The van der Waals surface area contributed by atoms with Crippen molar-refractivity contribution in [2.24, 2.45) is 5.73 Å². The van der Waals surface area contributed by atoms with Gasteiger partial charge in [0.15, 0.2) is 6.61 Å². The van der Waals surface area contributed by atoms with E-state index in [2.05, 4.69) is 0 Å². The monoisotopic (exact) mass is 301 g/mol. The van der Waals surface area contributed by atoms with E-state index < -0.39 is 12.1 Å². The van der Waals surface area contributed by atoms with Gasteiger partial charge in [-0.15, -0.1) is 12.4 Å². The Hall–Kier alpha value is -1.30. The summed E-state index contributed by atoms with van der Waals surface area (Å²) in [6.45, 7) is 1.95. The van der Waals surface area contributed by atoms with Gasteiger partial charge in [0.1, 0.15) is 5.75 Å². The molecule has 2 rings (SSSR count). The first-order valence-electron chi connectivity index (χ1n) is 6.46. The van der Waals surface area contributed by atoms with Gasteiger partial charge < -0.3 is 20.3 Å². The molecule has 0 aliphatic heterocycles. The molecule has 0 bridgehead atoms. The number of rotatable bonds is 4. The van der Waals surface area contributed by atoms with Crippen molar-refractivity contribution in [1.82, 2.24) is 0 Å². The van der Waals surface area contributed by atoms with Crippen molar-refractivity contribution in [2.45, 2.75) is 31.9 Å². The molecule has 20 heavy (non-hydrogen) atoms. The van der Waals surface area contributed by atoms with Crippen molar-refractivity contribution in [2.75, 3.05) is 13.2 Å². The van der Waals surface area contributed by atoms with Gasteiger partial charge in [0.25, 0.3) is 0 Å². The second-order valence-electron chi connectivity index (χ2n) is 4.60. The number of esters is 1. The molecule has 2 unspecified atom stereocenters. The van der Waals surface area contributed by atoms with Gasteiger partial charge in [0.2, 0.25) is 0 Å². The lowest BCUT2D eigenvalue weighted by Crippen LogP contribution is -2.33. The first-order valence-corrected chi connectivity index (χ1v) is 6.46. The number of fused-ring (bicyclic) bond motifs is 1. The number of nitrogens with two attached hydrogens (primary N) is 1. The topological polar surface area (TPSA) is 81.8 Å². The van der Waals surface area contributed by atoms with Crippen molar-refractivity contribution >= 4 is 18.4 Å². The van der Waals surface area contributed by atoms with Gasteiger partial charge in [0, 0.05) is 6.04 Å². The predicted octanol–water partition coefficient (Wildman–Crippen LogP) is 1.36. The summed E-state index contributed by atoms with van der Waals surface area (Å²) in [6.07, 6.45) is 0.956. The van der Waals surface area contributed by atoms with Crippen molar-refractivity contribution in [3.8, 4) is 5.75 Å². The lowest BCUT2D eigenvalue weighted by atomic mass is 9.86. The third-order valence-corrected chi connectivity index (χ3v) is 3.25. The van der Waals surface area contributed by atoms with E-state index in [1.807, 2.05) is 6.07 Å².